The maximum absolute atomic E-state index is 7.50. The Labute approximate surface area is 201 Å². The van der Waals surface area contributed by atoms with E-state index in [0.717, 1.165) is 0 Å². The van der Waals surface area contributed by atoms with Gasteiger partial charge in [-0.2, -0.15) is 0 Å². The zero-order chi connectivity index (χ0) is 25.9. The molecular weight excluding hydrogens is 489 g/mol. The Kier molecular flexibility index (Phi) is 50.0. The zero-order valence-electron chi connectivity index (χ0n) is 19.8. The second-order valence-electron chi connectivity index (χ2n) is 6.84. The molecule has 0 spiro atoms. The van der Waals surface area contributed by atoms with Crippen LogP contribution >= 0.6 is 0 Å². The molecule has 0 aromatic heterocycles. The molecule has 175 valence electrons. The first-order valence-electron chi connectivity index (χ1n) is 8.13. The molecule has 0 aliphatic carbocycles. The van der Waals surface area contributed by atoms with Crippen LogP contribution in [-0.2, 0) is 48.3 Å². The van der Waals surface area contributed by atoms with Crippen LogP contribution in [0.4, 0.5) is 0 Å². The van der Waals surface area contributed by atoms with Gasteiger partial charge in [0.2, 0.25) is 19.6 Å². The fourth-order valence-electron chi connectivity index (χ4n) is 0.765. The Bertz CT molecular complexity index is 484. The van der Waals surface area contributed by atoms with Crippen LogP contribution in [0.3, 0.4) is 0 Å². The van der Waals surface area contributed by atoms with Crippen LogP contribution < -0.4 is 0 Å². The Hall–Kier alpha value is -1.78. The summed E-state index contributed by atoms with van der Waals surface area (Å²) in [6.07, 6.45) is 0. The van der Waals surface area contributed by atoms with Crippen molar-refractivity contribution >= 4 is 0 Å². The van der Waals surface area contributed by atoms with Gasteiger partial charge in [-0.05, 0) is 41.5 Å². The van der Waals surface area contributed by atoms with Crippen molar-refractivity contribution < 1.29 is 48.3 Å². The van der Waals surface area contributed by atoms with Gasteiger partial charge in [0, 0.05) is 41.4 Å². The van der Waals surface area contributed by atoms with Crippen LogP contribution in [0.25, 0.3) is 14.5 Å². The van der Waals surface area contributed by atoms with Crippen molar-refractivity contribution in [2.24, 2.45) is 0 Å². The predicted octanol–water partition coefficient (Wildman–Crippen LogP) is 3.88. The standard InChI is InChI=1S/3C6H11NO.3CO.Tc/c3*1-6(2,8-4)5-7-3;3*1-2;/h3*5H2,1-2,4H3;;;;/i;;;;;;1+1. The molecule has 0 rings (SSSR count). The molecule has 0 heterocycles. The van der Waals surface area contributed by atoms with Gasteiger partial charge in [0.15, 0.2) is 0 Å². The molecule has 0 atom stereocenters. The molecule has 0 unspecified atom stereocenters. The van der Waals surface area contributed by atoms with Crippen LogP contribution in [0.1, 0.15) is 41.5 Å². The molecule has 0 N–H and O–H groups in total. The van der Waals surface area contributed by atoms with Gasteiger partial charge in [-0.25, -0.2) is 19.7 Å². The van der Waals surface area contributed by atoms with Gasteiger partial charge >= 0.3 is 33.9 Å². The third kappa shape index (κ3) is 52.5. The van der Waals surface area contributed by atoms with E-state index in [4.69, 9.17) is 47.9 Å². The van der Waals surface area contributed by atoms with Gasteiger partial charge in [-0.1, -0.05) is 0 Å². The summed E-state index contributed by atoms with van der Waals surface area (Å²) < 4.78 is 37.4. The summed E-state index contributed by atoms with van der Waals surface area (Å²) in [4.78, 5) is 9.61. The van der Waals surface area contributed by atoms with E-state index in [2.05, 4.69) is 34.5 Å². The average Bonchev–Trinajstić information content (AvgIpc) is 2.73. The van der Waals surface area contributed by atoms with Crippen LogP contribution in [-0.4, -0.2) is 57.8 Å². The quantitative estimate of drug-likeness (QED) is 0.391. The number of nitrogens with zero attached hydrogens (tertiary/aromatic N) is 3. The molecule has 0 saturated heterocycles. The van der Waals surface area contributed by atoms with Crippen molar-refractivity contribution in [3.05, 3.63) is 54.2 Å². The van der Waals surface area contributed by atoms with E-state index in [9.17, 15) is 0 Å². The molecule has 1 radical (unpaired) electrons. The number of ether oxygens (including phenoxy) is 3. The fourth-order valence-corrected chi connectivity index (χ4v) is 0.765. The van der Waals surface area contributed by atoms with Crippen LogP contribution in [0.5, 0.6) is 0 Å². The molecule has 0 bridgehead atoms. The van der Waals surface area contributed by atoms with Crippen molar-refractivity contribution in [3.63, 3.8) is 0 Å². The van der Waals surface area contributed by atoms with E-state index >= 15 is 0 Å². The van der Waals surface area contributed by atoms with E-state index in [1.807, 2.05) is 41.5 Å². The molecule has 0 aliphatic heterocycles. The van der Waals surface area contributed by atoms with Crippen molar-refractivity contribution in [2.75, 3.05) is 41.0 Å². The molecule has 10 heteroatoms. The molecule has 0 aromatic rings. The van der Waals surface area contributed by atoms with E-state index in [1.54, 1.807) is 21.3 Å². The summed E-state index contributed by atoms with van der Waals surface area (Å²) in [6, 6.07) is 0. The number of rotatable bonds is 6. The molecule has 0 aliphatic rings. The molecule has 0 fully saturated rings. The van der Waals surface area contributed by atoms with Crippen LogP contribution in [0, 0.1) is 39.7 Å². The van der Waals surface area contributed by atoms with E-state index < -0.39 is 0 Å². The predicted molar refractivity (Wildman–Crippen MR) is 109 cm³/mol. The van der Waals surface area contributed by atoms with Gasteiger partial charge in [-0.3, -0.25) is 0 Å². The molecule has 0 saturated carbocycles. The van der Waals surface area contributed by atoms with Gasteiger partial charge in [-0.15, -0.1) is 0 Å². The first-order valence-corrected chi connectivity index (χ1v) is 8.13. The number of methoxy groups -OCH3 is 3. The maximum atomic E-state index is 7.50. The number of hydrogen-bond acceptors (Lipinski definition) is 3. The van der Waals surface area contributed by atoms with E-state index in [1.165, 1.54) is 0 Å². The molecule has 0 amide bonds. The van der Waals surface area contributed by atoms with Crippen molar-refractivity contribution in [3.8, 4) is 0 Å². The topological polar surface area (TPSA) is 100 Å². The Morgan fingerprint density at radius 2 is 0.645 bits per heavy atom. The molecule has 0 aromatic carbocycles. The van der Waals surface area contributed by atoms with Gasteiger partial charge in [0.05, 0.1) is 0 Å². The van der Waals surface area contributed by atoms with Gasteiger partial charge in [0.1, 0.15) is 16.8 Å². The first kappa shape index (κ1) is 47.1. The second kappa shape index (κ2) is 32.9. The van der Waals surface area contributed by atoms with Crippen LogP contribution in [0.2, 0.25) is 0 Å². The summed E-state index contributed by atoms with van der Waals surface area (Å²) in [5.41, 5.74) is -0.786. The molecule has 31 heavy (non-hydrogen) atoms. The Balaban J connectivity index is -0.0000000488. The normalized spacial score (nSPS) is 8.52. The SMILES string of the molecule is [99Tc].[C-]#[N+]CC(C)(C)OC.[C-]#[N+]CC(C)(C)OC.[C-]#[N+]CC(C)(C)OC.[C-]#[O+].[C-]#[O+].[C-]#[O+]. The van der Waals surface area contributed by atoms with Crippen molar-refractivity contribution in [1.82, 2.24) is 0 Å². The fraction of sp³-hybridized carbons (Fsp3) is 0.714. The summed E-state index contributed by atoms with van der Waals surface area (Å²) in [5, 5.41) is 0. The Morgan fingerprint density at radius 1 is 0.516 bits per heavy atom. The average molecular weight is 522 g/mol. The Morgan fingerprint density at radius 3 is 0.677 bits per heavy atom. The summed E-state index contributed by atoms with van der Waals surface area (Å²) in [5.74, 6) is 0. The van der Waals surface area contributed by atoms with Crippen molar-refractivity contribution in [2.45, 2.75) is 58.3 Å². The minimum atomic E-state index is -0.262. The minimum absolute atomic E-state index is 0. The molecular formula is C21H33N3O6Tc. The van der Waals surface area contributed by atoms with Crippen LogP contribution in [0.15, 0.2) is 0 Å². The monoisotopic (exact) mass is 522 g/mol. The molecule has 9 nitrogen and oxygen atoms in total. The van der Waals surface area contributed by atoms with E-state index in [0.29, 0.717) is 19.6 Å². The first-order chi connectivity index (χ1) is 13.9. The second-order valence-corrected chi connectivity index (χ2v) is 6.84. The van der Waals surface area contributed by atoms with Gasteiger partial charge in [0.25, 0.3) is 0 Å². The number of hydrogen-bond donors (Lipinski definition) is 0. The summed E-state index contributed by atoms with van der Waals surface area (Å²) in [6.45, 7) is 45.7. The zero-order valence-corrected chi connectivity index (χ0v) is 21.6. The summed E-state index contributed by atoms with van der Waals surface area (Å²) in [7, 11) is 4.85. The third-order valence-corrected chi connectivity index (χ3v) is 3.04. The third-order valence-electron chi connectivity index (χ3n) is 3.04. The van der Waals surface area contributed by atoms with E-state index in [-0.39, 0.29) is 36.9 Å². The van der Waals surface area contributed by atoms with Gasteiger partial charge < -0.3 is 28.7 Å². The van der Waals surface area contributed by atoms with Crippen molar-refractivity contribution in [1.29, 1.82) is 0 Å². The summed E-state index contributed by atoms with van der Waals surface area (Å²) >= 11 is 0.